The van der Waals surface area contributed by atoms with E-state index in [4.69, 9.17) is 4.42 Å². The van der Waals surface area contributed by atoms with Crippen molar-refractivity contribution in [2.75, 3.05) is 0 Å². The van der Waals surface area contributed by atoms with Gasteiger partial charge in [-0.2, -0.15) is 0 Å². The van der Waals surface area contributed by atoms with Crippen LogP contribution in [0.5, 0.6) is 0 Å². The summed E-state index contributed by atoms with van der Waals surface area (Å²) < 4.78 is 9.99. The molecule has 2 aromatic heterocycles. The van der Waals surface area contributed by atoms with Crippen molar-refractivity contribution < 1.29 is 9.73 Å². The third-order valence-corrected chi connectivity index (χ3v) is 12.0. The molecular formula is C48H40N3O+. The normalized spacial score (nSPS) is 22.2. The number of hydrogen-bond donors (Lipinski definition) is 2. The number of nitrogens with zero attached hydrogens (tertiary/aromatic N) is 1. The zero-order valence-corrected chi connectivity index (χ0v) is 29.5. The van der Waals surface area contributed by atoms with E-state index in [9.17, 15) is 0 Å². The lowest BCUT2D eigenvalue weighted by Gasteiger charge is -2.40. The largest absolute Gasteiger partial charge is 0.454 e. The first-order chi connectivity index (χ1) is 25.6. The fourth-order valence-electron chi connectivity index (χ4n) is 9.61. The average molecular weight is 675 g/mol. The minimum Gasteiger partial charge on any atom is -0.454 e. The molecule has 4 nitrogen and oxygen atoms in total. The second-order valence-electron chi connectivity index (χ2n) is 15.3. The predicted molar refractivity (Wildman–Crippen MR) is 216 cm³/mol. The number of hydrogen-bond acceptors (Lipinski definition) is 2. The predicted octanol–water partition coefficient (Wildman–Crippen LogP) is 9.98. The number of benzene rings is 5. The minimum absolute atomic E-state index is 0.177. The molecule has 3 N–H and O–H groups in total. The Morgan fingerprint density at radius 1 is 0.846 bits per heavy atom. The standard InChI is InChI=1S/C48H39N3O/c1-29-27-37(33-23-14-18-30-15-6-7-19-32(30)33)45-38(28-29)42-35-21-9-8-20-34(35)41-36-22-10-11-24-39(36)51(44(41)46(42)52-45)47-43(31-16-4-3-5-17-31)50-48(2)26-13-12-25-40(48)49-47/h3-8,10-20,22-27,29,40,49-50H,9,21,28H2,1-2H3/p+1. The van der Waals surface area contributed by atoms with Crippen molar-refractivity contribution in [1.82, 2.24) is 9.88 Å². The summed E-state index contributed by atoms with van der Waals surface area (Å²) >= 11 is 0. The maximum Gasteiger partial charge on any atom is 0.234 e. The van der Waals surface area contributed by atoms with Crippen LogP contribution in [-0.2, 0) is 12.8 Å². The minimum atomic E-state index is -0.239. The molecule has 0 fully saturated rings. The molecule has 0 saturated heterocycles. The average Bonchev–Trinajstić information content (AvgIpc) is 3.74. The molecule has 3 aliphatic carbocycles. The van der Waals surface area contributed by atoms with Crippen LogP contribution < -0.4 is 10.6 Å². The summed E-state index contributed by atoms with van der Waals surface area (Å²) in [6.45, 7) is 4.67. The number of furan rings is 1. The van der Waals surface area contributed by atoms with E-state index in [0.29, 0.717) is 5.92 Å². The molecule has 1 aliphatic heterocycles. The number of rotatable bonds is 3. The van der Waals surface area contributed by atoms with Gasteiger partial charge in [0.05, 0.1) is 5.52 Å². The van der Waals surface area contributed by atoms with Gasteiger partial charge in [0.1, 0.15) is 28.6 Å². The number of para-hydroxylation sites is 1. The summed E-state index contributed by atoms with van der Waals surface area (Å²) in [5, 5.41) is 12.9. The Balaban J connectivity index is 1.29. The first-order valence-electron chi connectivity index (χ1n) is 18.8. The number of nitrogens with two attached hydrogens (primary N) is 1. The van der Waals surface area contributed by atoms with Crippen LogP contribution in [0.4, 0.5) is 0 Å². The van der Waals surface area contributed by atoms with Gasteiger partial charge in [0, 0.05) is 32.9 Å². The van der Waals surface area contributed by atoms with E-state index in [-0.39, 0.29) is 11.6 Å². The Kier molecular flexibility index (Phi) is 6.36. The van der Waals surface area contributed by atoms with Crippen molar-refractivity contribution in [1.29, 1.82) is 0 Å². The van der Waals surface area contributed by atoms with Gasteiger partial charge in [-0.25, -0.2) is 0 Å². The van der Waals surface area contributed by atoms with Crippen LogP contribution in [-0.4, -0.2) is 16.1 Å². The Hall–Kier alpha value is -5.84. The molecule has 3 heterocycles. The number of quaternary nitrogens is 1. The van der Waals surface area contributed by atoms with E-state index in [0.717, 1.165) is 47.6 Å². The molecule has 7 aromatic rings. The summed E-state index contributed by atoms with van der Waals surface area (Å²) in [7, 11) is 0. The molecule has 0 spiro atoms. The van der Waals surface area contributed by atoms with Gasteiger partial charge in [-0.3, -0.25) is 9.88 Å². The van der Waals surface area contributed by atoms with E-state index in [2.05, 4.69) is 169 Å². The van der Waals surface area contributed by atoms with Gasteiger partial charge in [0.2, 0.25) is 5.82 Å². The maximum absolute atomic E-state index is 7.47. The van der Waals surface area contributed by atoms with Gasteiger partial charge in [-0.05, 0) is 71.7 Å². The van der Waals surface area contributed by atoms with Crippen molar-refractivity contribution in [2.45, 2.75) is 44.7 Å². The Labute approximate surface area is 303 Å². The maximum atomic E-state index is 7.47. The second kappa shape index (κ2) is 11.1. The third-order valence-electron chi connectivity index (χ3n) is 12.0. The van der Waals surface area contributed by atoms with Crippen molar-refractivity contribution >= 4 is 66.7 Å². The Bertz CT molecular complexity index is 2800. The summed E-state index contributed by atoms with van der Waals surface area (Å²) in [5.74, 6) is 2.57. The van der Waals surface area contributed by atoms with E-state index < -0.39 is 0 Å². The molecular weight excluding hydrogens is 635 g/mol. The van der Waals surface area contributed by atoms with Crippen LogP contribution in [0.15, 0.2) is 138 Å². The summed E-state index contributed by atoms with van der Waals surface area (Å²) in [4.78, 5) is 0. The van der Waals surface area contributed by atoms with Gasteiger partial charge in [-0.15, -0.1) is 0 Å². The van der Waals surface area contributed by atoms with Crippen molar-refractivity contribution in [3.8, 4) is 0 Å². The van der Waals surface area contributed by atoms with Gasteiger partial charge >= 0.3 is 0 Å². The summed E-state index contributed by atoms with van der Waals surface area (Å²) in [6.07, 6.45) is 19.2. The van der Waals surface area contributed by atoms with Crippen molar-refractivity contribution in [3.05, 3.63) is 167 Å². The number of allylic oxidation sites excluding steroid dienone is 4. The smallest absolute Gasteiger partial charge is 0.234 e. The van der Waals surface area contributed by atoms with Crippen LogP contribution in [0.2, 0.25) is 0 Å². The summed E-state index contributed by atoms with van der Waals surface area (Å²) in [6, 6.07) is 35.4. The van der Waals surface area contributed by atoms with Crippen molar-refractivity contribution in [3.63, 3.8) is 0 Å². The van der Waals surface area contributed by atoms with Gasteiger partial charge in [-0.1, -0.05) is 134 Å². The number of fused-ring (bicyclic) bond motifs is 12. The van der Waals surface area contributed by atoms with Crippen LogP contribution in [0.3, 0.4) is 0 Å². The molecule has 0 radical (unpaired) electrons. The molecule has 0 amide bonds. The number of aryl methyl sites for hydroxylation is 1. The third kappa shape index (κ3) is 4.19. The zero-order valence-electron chi connectivity index (χ0n) is 29.5. The lowest BCUT2D eigenvalue weighted by molar-refractivity contribution is -0.606. The van der Waals surface area contributed by atoms with Crippen LogP contribution >= 0.6 is 0 Å². The Morgan fingerprint density at radius 2 is 1.65 bits per heavy atom. The van der Waals surface area contributed by atoms with E-state index in [1.165, 1.54) is 65.8 Å². The lowest BCUT2D eigenvalue weighted by Crippen LogP contribution is -2.95. The highest BCUT2D eigenvalue weighted by molar-refractivity contribution is 6.23. The van der Waals surface area contributed by atoms with Gasteiger partial charge < -0.3 is 9.73 Å². The van der Waals surface area contributed by atoms with E-state index >= 15 is 0 Å². The highest BCUT2D eigenvalue weighted by atomic mass is 16.3. The van der Waals surface area contributed by atoms with E-state index in [1.807, 2.05) is 0 Å². The topological polar surface area (TPSA) is 46.7 Å². The fraction of sp³-hybridized carbons (Fsp3) is 0.167. The lowest BCUT2D eigenvalue weighted by atomic mass is 9.82. The Morgan fingerprint density at radius 3 is 2.56 bits per heavy atom. The van der Waals surface area contributed by atoms with Crippen molar-refractivity contribution in [2.24, 2.45) is 5.92 Å². The molecule has 0 saturated carbocycles. The molecule has 4 heteroatoms. The molecule has 3 unspecified atom stereocenters. The molecule has 3 atom stereocenters. The van der Waals surface area contributed by atoms with E-state index in [1.54, 1.807) is 0 Å². The molecule has 11 rings (SSSR count). The van der Waals surface area contributed by atoms with Crippen LogP contribution in [0.1, 0.15) is 53.8 Å². The number of aromatic nitrogens is 1. The SMILES string of the molecule is CC1C=C(c2cccc3ccccc23)c2oc3c(c2C1)c1c(c2c4ccccc4n(C4=C(c5ccccc5)NC5(C)C=CC=CC5[NH2+]4)c32)C=CCC1. The number of nitrogens with one attached hydrogen (secondary N) is 1. The molecule has 52 heavy (non-hydrogen) atoms. The molecule has 0 bridgehead atoms. The molecule has 4 aliphatic rings. The highest BCUT2D eigenvalue weighted by Gasteiger charge is 2.43. The van der Waals surface area contributed by atoms with Crippen LogP contribution in [0.25, 0.3) is 66.7 Å². The monoisotopic (exact) mass is 674 g/mol. The molecule has 252 valence electrons. The first-order valence-corrected chi connectivity index (χ1v) is 18.8. The van der Waals surface area contributed by atoms with Gasteiger partial charge in [0.15, 0.2) is 5.58 Å². The quantitative estimate of drug-likeness (QED) is 0.196. The zero-order chi connectivity index (χ0) is 34.6. The summed E-state index contributed by atoms with van der Waals surface area (Å²) in [5.41, 5.74) is 12.0. The van der Waals surface area contributed by atoms with Crippen LogP contribution in [0, 0.1) is 5.92 Å². The first kappa shape index (κ1) is 29.8. The second-order valence-corrected chi connectivity index (χ2v) is 15.3. The molecule has 5 aromatic carbocycles. The van der Waals surface area contributed by atoms with Gasteiger partial charge in [0.25, 0.3) is 0 Å². The fourth-order valence-corrected chi connectivity index (χ4v) is 9.61. The highest BCUT2D eigenvalue weighted by Crippen LogP contribution is 2.49.